The van der Waals surface area contributed by atoms with Crippen LogP contribution in [-0.4, -0.2) is 42.9 Å². The Hall–Kier alpha value is -2.04. The SMILES string of the molecule is CCCCCCCCCC(=O)Nc1ccc(N2CCC(C)CC2)c(C(=O)N2CCCC2)c1. The standard InChI is InChI=1S/C27H43N3O2/c1-3-4-5-6-7-8-9-12-26(31)28-23-13-14-25(29-19-15-22(2)16-20-29)24(21-23)27(32)30-17-10-11-18-30/h13-14,21-22H,3-12,15-20H2,1-2H3,(H,28,31). The molecule has 0 unspecified atom stereocenters. The maximum atomic E-state index is 13.3. The molecule has 3 rings (SSSR count). The molecule has 0 spiro atoms. The van der Waals surface area contributed by atoms with Crippen LogP contribution in [0.1, 0.15) is 101 Å². The molecule has 2 aliphatic heterocycles. The van der Waals surface area contributed by atoms with E-state index < -0.39 is 0 Å². The number of anilines is 2. The lowest BCUT2D eigenvalue weighted by molar-refractivity contribution is -0.116. The Bertz CT molecular complexity index is 734. The molecule has 5 heteroatoms. The summed E-state index contributed by atoms with van der Waals surface area (Å²) in [5.41, 5.74) is 2.52. The van der Waals surface area contributed by atoms with E-state index in [4.69, 9.17) is 0 Å². The van der Waals surface area contributed by atoms with E-state index in [0.717, 1.165) is 87.6 Å². The van der Waals surface area contributed by atoms with Crippen molar-refractivity contribution in [2.24, 2.45) is 5.92 Å². The van der Waals surface area contributed by atoms with Gasteiger partial charge in [-0.15, -0.1) is 0 Å². The molecule has 2 aliphatic rings. The molecule has 2 heterocycles. The van der Waals surface area contributed by atoms with E-state index in [1.54, 1.807) is 0 Å². The first kappa shape index (κ1) is 24.6. The Labute approximate surface area is 194 Å². The quantitative estimate of drug-likeness (QED) is 0.414. The van der Waals surface area contributed by atoms with Gasteiger partial charge in [0.1, 0.15) is 0 Å². The number of benzene rings is 1. The number of unbranched alkanes of at least 4 members (excludes halogenated alkanes) is 6. The van der Waals surface area contributed by atoms with E-state index in [0.29, 0.717) is 6.42 Å². The van der Waals surface area contributed by atoms with E-state index in [2.05, 4.69) is 24.1 Å². The number of nitrogens with one attached hydrogen (secondary N) is 1. The van der Waals surface area contributed by atoms with Gasteiger partial charge >= 0.3 is 0 Å². The van der Waals surface area contributed by atoms with Crippen LogP contribution in [0.5, 0.6) is 0 Å². The van der Waals surface area contributed by atoms with Crippen molar-refractivity contribution in [3.05, 3.63) is 23.8 Å². The number of hydrogen-bond acceptors (Lipinski definition) is 3. The lowest BCUT2D eigenvalue weighted by Crippen LogP contribution is -2.35. The molecule has 2 amide bonds. The second-order valence-corrected chi connectivity index (χ2v) is 9.82. The van der Waals surface area contributed by atoms with Crippen molar-refractivity contribution < 1.29 is 9.59 Å². The summed E-state index contributed by atoms with van der Waals surface area (Å²) in [4.78, 5) is 30.1. The van der Waals surface area contributed by atoms with Crippen molar-refractivity contribution in [3.63, 3.8) is 0 Å². The number of carbonyl (C=O) groups excluding carboxylic acids is 2. The van der Waals surface area contributed by atoms with Crippen molar-refractivity contribution in [2.45, 2.75) is 90.9 Å². The van der Waals surface area contributed by atoms with Crippen molar-refractivity contribution in [3.8, 4) is 0 Å². The zero-order chi connectivity index (χ0) is 22.8. The lowest BCUT2D eigenvalue weighted by atomic mass is 9.97. The number of nitrogens with zero attached hydrogens (tertiary/aromatic N) is 2. The summed E-state index contributed by atoms with van der Waals surface area (Å²) in [7, 11) is 0. The van der Waals surface area contributed by atoms with Gasteiger partial charge in [-0.1, -0.05) is 52.4 Å². The summed E-state index contributed by atoms with van der Waals surface area (Å²) in [5, 5.41) is 3.05. The highest BCUT2D eigenvalue weighted by Crippen LogP contribution is 2.30. The van der Waals surface area contributed by atoms with Crippen molar-refractivity contribution in [1.82, 2.24) is 4.90 Å². The number of amides is 2. The molecule has 1 aromatic rings. The van der Waals surface area contributed by atoms with Crippen LogP contribution in [0.2, 0.25) is 0 Å². The third kappa shape index (κ3) is 7.25. The first-order valence-corrected chi connectivity index (χ1v) is 13.1. The van der Waals surface area contributed by atoms with Crippen LogP contribution in [-0.2, 0) is 4.79 Å². The monoisotopic (exact) mass is 441 g/mol. The largest absolute Gasteiger partial charge is 0.371 e. The fourth-order valence-electron chi connectivity index (χ4n) is 4.87. The molecule has 178 valence electrons. The van der Waals surface area contributed by atoms with Gasteiger partial charge in [0, 0.05) is 44.0 Å². The predicted molar refractivity (Wildman–Crippen MR) is 133 cm³/mol. The van der Waals surface area contributed by atoms with Gasteiger partial charge in [-0.25, -0.2) is 0 Å². The molecule has 0 aliphatic carbocycles. The number of piperidine rings is 1. The molecule has 2 saturated heterocycles. The molecule has 2 fully saturated rings. The van der Waals surface area contributed by atoms with Crippen LogP contribution in [0.3, 0.4) is 0 Å². The molecular formula is C27H43N3O2. The average molecular weight is 442 g/mol. The summed E-state index contributed by atoms with van der Waals surface area (Å²) in [6, 6.07) is 5.93. The van der Waals surface area contributed by atoms with Gasteiger partial charge in [0.15, 0.2) is 0 Å². The smallest absolute Gasteiger partial charge is 0.256 e. The molecule has 0 radical (unpaired) electrons. The molecule has 0 aromatic heterocycles. The number of carbonyl (C=O) groups is 2. The summed E-state index contributed by atoms with van der Waals surface area (Å²) in [6.45, 7) is 8.19. The fourth-order valence-corrected chi connectivity index (χ4v) is 4.87. The third-order valence-corrected chi connectivity index (χ3v) is 7.04. The Morgan fingerprint density at radius 3 is 2.28 bits per heavy atom. The molecule has 0 atom stereocenters. The molecule has 5 nitrogen and oxygen atoms in total. The van der Waals surface area contributed by atoms with Crippen LogP contribution in [0.15, 0.2) is 18.2 Å². The third-order valence-electron chi connectivity index (χ3n) is 7.04. The summed E-state index contributed by atoms with van der Waals surface area (Å²) in [6.07, 6.45) is 13.4. The first-order valence-electron chi connectivity index (χ1n) is 13.1. The van der Waals surface area contributed by atoms with Crippen LogP contribution < -0.4 is 10.2 Å². The van der Waals surface area contributed by atoms with E-state index in [9.17, 15) is 9.59 Å². The van der Waals surface area contributed by atoms with Gasteiger partial charge in [0.25, 0.3) is 5.91 Å². The predicted octanol–water partition coefficient (Wildman–Crippen LogP) is 6.24. The Kier molecular flexibility index (Phi) is 9.89. The number of hydrogen-bond donors (Lipinski definition) is 1. The van der Waals surface area contributed by atoms with Gasteiger partial charge in [0.2, 0.25) is 5.91 Å². The normalized spacial score (nSPS) is 17.1. The van der Waals surface area contributed by atoms with E-state index in [-0.39, 0.29) is 11.8 Å². The first-order chi connectivity index (χ1) is 15.6. The van der Waals surface area contributed by atoms with E-state index in [1.165, 1.54) is 32.1 Å². The minimum Gasteiger partial charge on any atom is -0.371 e. The maximum absolute atomic E-state index is 13.3. The molecule has 1 aromatic carbocycles. The van der Waals surface area contributed by atoms with Crippen molar-refractivity contribution in [2.75, 3.05) is 36.4 Å². The maximum Gasteiger partial charge on any atom is 0.256 e. The summed E-state index contributed by atoms with van der Waals surface area (Å²) in [5.74, 6) is 0.908. The molecule has 1 N–H and O–H groups in total. The second kappa shape index (κ2) is 12.9. The Balaban J connectivity index is 1.60. The number of rotatable bonds is 11. The highest BCUT2D eigenvalue weighted by Gasteiger charge is 2.26. The van der Waals surface area contributed by atoms with Crippen molar-refractivity contribution >= 4 is 23.2 Å². The average Bonchev–Trinajstić information content (AvgIpc) is 3.34. The second-order valence-electron chi connectivity index (χ2n) is 9.82. The Morgan fingerprint density at radius 2 is 1.59 bits per heavy atom. The van der Waals surface area contributed by atoms with Crippen LogP contribution in [0, 0.1) is 5.92 Å². The van der Waals surface area contributed by atoms with Crippen LogP contribution >= 0.6 is 0 Å². The molecule has 32 heavy (non-hydrogen) atoms. The molecular weight excluding hydrogens is 398 g/mol. The highest BCUT2D eigenvalue weighted by molar-refractivity contribution is 6.02. The van der Waals surface area contributed by atoms with Gasteiger partial charge in [0.05, 0.1) is 5.56 Å². The summed E-state index contributed by atoms with van der Waals surface area (Å²) < 4.78 is 0. The topological polar surface area (TPSA) is 52.7 Å². The van der Waals surface area contributed by atoms with E-state index >= 15 is 0 Å². The Morgan fingerprint density at radius 1 is 0.938 bits per heavy atom. The zero-order valence-electron chi connectivity index (χ0n) is 20.3. The minimum atomic E-state index is 0.0534. The molecule has 0 bridgehead atoms. The van der Waals surface area contributed by atoms with Crippen molar-refractivity contribution in [1.29, 1.82) is 0 Å². The van der Waals surface area contributed by atoms with Gasteiger partial charge in [-0.05, 0) is 56.2 Å². The van der Waals surface area contributed by atoms with Gasteiger partial charge < -0.3 is 15.1 Å². The fraction of sp³-hybridized carbons (Fsp3) is 0.704. The van der Waals surface area contributed by atoms with Crippen LogP contribution in [0.25, 0.3) is 0 Å². The molecule has 0 saturated carbocycles. The van der Waals surface area contributed by atoms with Gasteiger partial charge in [-0.3, -0.25) is 9.59 Å². The highest BCUT2D eigenvalue weighted by atomic mass is 16.2. The van der Waals surface area contributed by atoms with Crippen LogP contribution in [0.4, 0.5) is 11.4 Å². The number of likely N-dealkylation sites (tertiary alicyclic amines) is 1. The minimum absolute atomic E-state index is 0.0534. The lowest BCUT2D eigenvalue weighted by Gasteiger charge is -2.34. The van der Waals surface area contributed by atoms with Gasteiger partial charge in [-0.2, -0.15) is 0 Å². The van der Waals surface area contributed by atoms with E-state index in [1.807, 2.05) is 23.1 Å². The summed E-state index contributed by atoms with van der Waals surface area (Å²) >= 11 is 0. The zero-order valence-corrected chi connectivity index (χ0v) is 20.3.